The number of aryl methyl sites for hydroxylation is 1. The zero-order chi connectivity index (χ0) is 25.6. The van der Waals surface area contributed by atoms with Crippen molar-refractivity contribution in [2.75, 3.05) is 4.90 Å². The summed E-state index contributed by atoms with van der Waals surface area (Å²) in [4.78, 5) is 38.5. The van der Waals surface area contributed by atoms with Gasteiger partial charge in [-0.15, -0.1) is 0 Å². The second-order valence-electron chi connectivity index (χ2n) is 8.93. The maximum atomic E-state index is 13.6. The molecule has 0 aliphatic carbocycles. The van der Waals surface area contributed by atoms with Gasteiger partial charge in [0.25, 0.3) is 5.91 Å². The number of anilines is 1. The Bertz CT molecular complexity index is 1520. The molecule has 1 fully saturated rings. The average molecular weight is 491 g/mol. The Morgan fingerprint density at radius 1 is 1.06 bits per heavy atom. The number of alkyl halides is 2. The van der Waals surface area contributed by atoms with Crippen LogP contribution in [0.4, 0.5) is 14.5 Å². The van der Waals surface area contributed by atoms with Crippen LogP contribution in [0.5, 0.6) is 0 Å². The van der Waals surface area contributed by atoms with Gasteiger partial charge in [0, 0.05) is 43.7 Å². The number of hydrogen-bond donors (Lipinski definition) is 1. The van der Waals surface area contributed by atoms with Crippen LogP contribution in [-0.4, -0.2) is 38.1 Å². The van der Waals surface area contributed by atoms with E-state index in [9.17, 15) is 23.2 Å². The van der Waals surface area contributed by atoms with Gasteiger partial charge in [-0.05, 0) is 29.8 Å². The average Bonchev–Trinajstić information content (AvgIpc) is 3.41. The number of carbonyl (C=O) groups excluding carboxylic acids is 2. The maximum absolute atomic E-state index is 13.6. The van der Waals surface area contributed by atoms with Gasteiger partial charge in [-0.1, -0.05) is 30.3 Å². The van der Waals surface area contributed by atoms with Crippen molar-refractivity contribution in [3.63, 3.8) is 0 Å². The summed E-state index contributed by atoms with van der Waals surface area (Å²) >= 11 is 0. The number of amides is 2. The van der Waals surface area contributed by atoms with E-state index in [4.69, 9.17) is 0 Å². The first-order valence-corrected chi connectivity index (χ1v) is 11.3. The van der Waals surface area contributed by atoms with Crippen molar-refractivity contribution < 1.29 is 18.4 Å². The number of halogens is 2. The van der Waals surface area contributed by atoms with Crippen LogP contribution in [0.1, 0.15) is 24.9 Å². The van der Waals surface area contributed by atoms with E-state index >= 15 is 0 Å². The number of hydrogen-bond acceptors (Lipinski definition) is 4. The fourth-order valence-corrected chi connectivity index (χ4v) is 4.57. The van der Waals surface area contributed by atoms with Crippen molar-refractivity contribution in [1.82, 2.24) is 19.7 Å². The Balaban J connectivity index is 1.54. The molecule has 184 valence electrons. The van der Waals surface area contributed by atoms with Crippen LogP contribution in [0.2, 0.25) is 0 Å². The molecule has 1 unspecified atom stereocenters. The highest BCUT2D eigenvalue weighted by molar-refractivity contribution is 6.00. The van der Waals surface area contributed by atoms with Crippen LogP contribution in [0.3, 0.4) is 0 Å². The Morgan fingerprint density at radius 3 is 2.47 bits per heavy atom. The molecule has 1 aliphatic heterocycles. The molecule has 4 aromatic rings. The number of fused-ring (bicyclic) bond motifs is 1. The normalized spacial score (nSPS) is 18.1. The molecule has 2 amide bonds. The SMILES string of the molecule is Cn1cc(-n2ncc3cc(N4C(=O)CC(NC(=O)C(C)(F)F)[C@@H]4c4ccccc4)ccc32)ccc1=O. The number of nitrogens with one attached hydrogen (secondary N) is 1. The van der Waals surface area contributed by atoms with Gasteiger partial charge < -0.3 is 14.8 Å². The molecule has 2 aromatic heterocycles. The van der Waals surface area contributed by atoms with Crippen LogP contribution in [0.15, 0.2) is 77.9 Å². The molecule has 0 spiro atoms. The zero-order valence-electron chi connectivity index (χ0n) is 19.6. The molecule has 2 atom stereocenters. The standard InChI is InChI=1S/C26H23F2N5O3/c1-26(27,28)25(36)30-20-13-23(35)32(24(20)16-6-4-3-5-7-16)18-8-10-21-17(12-18)14-29-33(21)19-9-11-22(34)31(2)15-19/h3-12,14-15,20,24H,13H2,1-2H3,(H,30,36)/t20?,24-/m0/s1. The second-order valence-corrected chi connectivity index (χ2v) is 8.93. The van der Waals surface area contributed by atoms with Crippen LogP contribution in [0.25, 0.3) is 16.6 Å². The van der Waals surface area contributed by atoms with Gasteiger partial charge in [0.2, 0.25) is 11.5 Å². The Kier molecular flexibility index (Phi) is 5.66. The van der Waals surface area contributed by atoms with Gasteiger partial charge in [0.1, 0.15) is 0 Å². The highest BCUT2D eigenvalue weighted by atomic mass is 19.3. The third kappa shape index (κ3) is 4.15. The number of pyridine rings is 1. The molecule has 0 bridgehead atoms. The fourth-order valence-electron chi connectivity index (χ4n) is 4.57. The largest absolute Gasteiger partial charge is 0.345 e. The Hall–Kier alpha value is -4.34. The number of carbonyl (C=O) groups is 2. The number of rotatable bonds is 5. The lowest BCUT2D eigenvalue weighted by molar-refractivity contribution is -0.143. The maximum Gasteiger partial charge on any atom is 0.321 e. The minimum absolute atomic E-state index is 0.114. The third-order valence-corrected chi connectivity index (χ3v) is 6.32. The molecule has 1 saturated heterocycles. The topological polar surface area (TPSA) is 89.2 Å². The van der Waals surface area contributed by atoms with Crippen LogP contribution >= 0.6 is 0 Å². The highest BCUT2D eigenvalue weighted by Crippen LogP contribution is 2.39. The van der Waals surface area contributed by atoms with E-state index in [-0.39, 0.29) is 17.9 Å². The van der Waals surface area contributed by atoms with Crippen molar-refractivity contribution in [1.29, 1.82) is 0 Å². The molecule has 0 saturated carbocycles. The van der Waals surface area contributed by atoms with Gasteiger partial charge in [-0.25, -0.2) is 4.68 Å². The monoisotopic (exact) mass is 491 g/mol. The molecular formula is C26H23F2N5O3. The lowest BCUT2D eigenvalue weighted by Gasteiger charge is -2.29. The summed E-state index contributed by atoms with van der Waals surface area (Å²) in [6.07, 6.45) is 3.21. The Labute approximate surface area is 204 Å². The predicted octanol–water partition coefficient (Wildman–Crippen LogP) is 3.34. The summed E-state index contributed by atoms with van der Waals surface area (Å²) in [5.41, 5.74) is 2.59. The van der Waals surface area contributed by atoms with Gasteiger partial charge in [-0.2, -0.15) is 13.9 Å². The molecule has 10 heteroatoms. The molecule has 0 radical (unpaired) electrons. The van der Waals surface area contributed by atoms with Crippen molar-refractivity contribution in [2.45, 2.75) is 31.4 Å². The van der Waals surface area contributed by atoms with E-state index in [0.29, 0.717) is 23.9 Å². The fraction of sp³-hybridized carbons (Fsp3) is 0.231. The van der Waals surface area contributed by atoms with E-state index in [1.54, 1.807) is 66.6 Å². The van der Waals surface area contributed by atoms with E-state index in [0.717, 1.165) is 10.9 Å². The zero-order valence-corrected chi connectivity index (χ0v) is 19.6. The minimum Gasteiger partial charge on any atom is -0.345 e. The van der Waals surface area contributed by atoms with E-state index in [1.165, 1.54) is 15.5 Å². The number of aromatic nitrogens is 3. The van der Waals surface area contributed by atoms with Gasteiger partial charge in [0.15, 0.2) is 0 Å². The summed E-state index contributed by atoms with van der Waals surface area (Å²) in [5, 5.41) is 7.56. The van der Waals surface area contributed by atoms with Crippen molar-refractivity contribution in [3.8, 4) is 5.69 Å². The van der Waals surface area contributed by atoms with Crippen molar-refractivity contribution in [3.05, 3.63) is 89.0 Å². The summed E-state index contributed by atoms with van der Waals surface area (Å²) in [5.74, 6) is -5.28. The molecular weight excluding hydrogens is 468 g/mol. The first kappa shape index (κ1) is 23.4. The van der Waals surface area contributed by atoms with Crippen LogP contribution in [-0.2, 0) is 16.6 Å². The predicted molar refractivity (Wildman–Crippen MR) is 130 cm³/mol. The summed E-state index contributed by atoms with van der Waals surface area (Å²) in [6, 6.07) is 16.0. The smallest absolute Gasteiger partial charge is 0.321 e. The molecule has 3 heterocycles. The second kappa shape index (κ2) is 8.71. The van der Waals surface area contributed by atoms with E-state index in [1.807, 2.05) is 12.1 Å². The molecule has 1 aliphatic rings. The van der Waals surface area contributed by atoms with E-state index < -0.39 is 23.9 Å². The molecule has 2 aromatic carbocycles. The summed E-state index contributed by atoms with van der Waals surface area (Å²) in [6.45, 7) is 0.532. The highest BCUT2D eigenvalue weighted by Gasteiger charge is 2.45. The first-order chi connectivity index (χ1) is 17.1. The summed E-state index contributed by atoms with van der Waals surface area (Å²) in [7, 11) is 1.65. The van der Waals surface area contributed by atoms with Crippen molar-refractivity contribution >= 4 is 28.4 Å². The first-order valence-electron chi connectivity index (χ1n) is 11.3. The lowest BCUT2D eigenvalue weighted by atomic mass is 9.99. The minimum atomic E-state index is -3.56. The van der Waals surface area contributed by atoms with E-state index in [2.05, 4.69) is 10.4 Å². The van der Waals surface area contributed by atoms with Crippen molar-refractivity contribution in [2.24, 2.45) is 7.05 Å². The lowest BCUT2D eigenvalue weighted by Crippen LogP contribution is -2.46. The Morgan fingerprint density at radius 2 is 1.78 bits per heavy atom. The summed E-state index contributed by atoms with van der Waals surface area (Å²) < 4.78 is 30.4. The molecule has 1 N–H and O–H groups in total. The molecule has 5 rings (SSSR count). The van der Waals surface area contributed by atoms with Crippen LogP contribution in [0, 0.1) is 0 Å². The third-order valence-electron chi connectivity index (χ3n) is 6.32. The molecule has 36 heavy (non-hydrogen) atoms. The quantitative estimate of drug-likeness (QED) is 0.464. The number of nitrogens with zero attached hydrogens (tertiary/aromatic N) is 4. The van der Waals surface area contributed by atoms with Crippen LogP contribution < -0.4 is 15.8 Å². The van der Waals surface area contributed by atoms with Gasteiger partial charge >= 0.3 is 5.92 Å². The van der Waals surface area contributed by atoms with Gasteiger partial charge in [-0.3, -0.25) is 14.4 Å². The molecule has 8 nitrogen and oxygen atoms in total. The van der Waals surface area contributed by atoms with Gasteiger partial charge in [0.05, 0.1) is 29.5 Å². The number of benzene rings is 2.